The second-order valence-corrected chi connectivity index (χ2v) is 4.22. The van der Waals surface area contributed by atoms with E-state index in [4.69, 9.17) is 4.74 Å². The Bertz CT molecular complexity index is 310. The van der Waals surface area contributed by atoms with Gasteiger partial charge in [0.2, 0.25) is 0 Å². The first-order valence-corrected chi connectivity index (χ1v) is 4.70. The smallest absolute Gasteiger partial charge is 0.150 e. The molecule has 0 fully saturated rings. The highest BCUT2D eigenvalue weighted by Gasteiger charge is 2.11. The van der Waals surface area contributed by atoms with Gasteiger partial charge in [-0.25, -0.2) is 0 Å². The molecular weight excluding hydrogens is 176 g/mol. The minimum absolute atomic E-state index is 0.171. The van der Waals surface area contributed by atoms with Crippen LogP contribution in [0.25, 0.3) is 0 Å². The lowest BCUT2D eigenvalue weighted by molar-refractivity contribution is -0.0151. The molecular formula is C12H16O2. The number of carbonyl (C=O) groups excluding carboxylic acids is 1. The Kier molecular flexibility index (Phi) is 3.42. The summed E-state index contributed by atoms with van der Waals surface area (Å²) in [6.07, 6.45) is 0.862. The first-order valence-electron chi connectivity index (χ1n) is 4.70. The van der Waals surface area contributed by atoms with Crippen LogP contribution in [0.2, 0.25) is 0 Å². The largest absolute Gasteiger partial charge is 0.371 e. The summed E-state index contributed by atoms with van der Waals surface area (Å²) in [7, 11) is 0. The summed E-state index contributed by atoms with van der Waals surface area (Å²) in [5.41, 5.74) is 1.48. The molecule has 2 heteroatoms. The van der Waals surface area contributed by atoms with Crippen molar-refractivity contribution in [3.05, 3.63) is 35.4 Å². The number of hydrogen-bond acceptors (Lipinski definition) is 2. The number of aldehydes is 1. The van der Waals surface area contributed by atoms with E-state index < -0.39 is 0 Å². The van der Waals surface area contributed by atoms with Crippen molar-refractivity contribution >= 4 is 6.29 Å². The SMILES string of the molecule is CC(C)(C)OCc1ccccc1C=O. The molecule has 0 unspecified atom stereocenters. The number of hydrogen-bond donors (Lipinski definition) is 0. The summed E-state index contributed by atoms with van der Waals surface area (Å²) >= 11 is 0. The first-order chi connectivity index (χ1) is 6.53. The van der Waals surface area contributed by atoms with Crippen LogP contribution in [-0.4, -0.2) is 11.9 Å². The van der Waals surface area contributed by atoms with Crippen LogP contribution < -0.4 is 0 Å². The molecule has 0 radical (unpaired) electrons. The van der Waals surface area contributed by atoms with E-state index >= 15 is 0 Å². The van der Waals surface area contributed by atoms with Crippen LogP contribution in [0, 0.1) is 0 Å². The Morgan fingerprint density at radius 2 is 1.93 bits per heavy atom. The molecule has 0 heterocycles. The van der Waals surface area contributed by atoms with E-state index in [1.807, 2.05) is 39.0 Å². The predicted octanol–water partition coefficient (Wildman–Crippen LogP) is 2.81. The summed E-state index contributed by atoms with van der Waals surface area (Å²) in [5, 5.41) is 0. The molecule has 1 rings (SSSR count). The monoisotopic (exact) mass is 192 g/mol. The fraction of sp³-hybridized carbons (Fsp3) is 0.417. The highest BCUT2D eigenvalue weighted by atomic mass is 16.5. The zero-order valence-electron chi connectivity index (χ0n) is 8.91. The van der Waals surface area contributed by atoms with Crippen LogP contribution >= 0.6 is 0 Å². The molecule has 76 valence electrons. The van der Waals surface area contributed by atoms with Crippen LogP contribution in [0.5, 0.6) is 0 Å². The van der Waals surface area contributed by atoms with Gasteiger partial charge in [-0.3, -0.25) is 4.79 Å². The Balaban J connectivity index is 2.71. The van der Waals surface area contributed by atoms with Crippen molar-refractivity contribution in [3.8, 4) is 0 Å². The van der Waals surface area contributed by atoms with Crippen LogP contribution in [0.15, 0.2) is 24.3 Å². The lowest BCUT2D eigenvalue weighted by Gasteiger charge is -2.19. The molecule has 0 N–H and O–H groups in total. The third-order valence-electron chi connectivity index (χ3n) is 1.84. The molecule has 2 nitrogen and oxygen atoms in total. The maximum absolute atomic E-state index is 10.7. The number of ether oxygens (including phenoxy) is 1. The van der Waals surface area contributed by atoms with Gasteiger partial charge in [0.25, 0.3) is 0 Å². The molecule has 0 saturated heterocycles. The number of rotatable bonds is 3. The second kappa shape index (κ2) is 4.38. The highest BCUT2D eigenvalue weighted by Crippen LogP contribution is 2.13. The highest BCUT2D eigenvalue weighted by molar-refractivity contribution is 5.76. The van der Waals surface area contributed by atoms with E-state index in [0.717, 1.165) is 11.8 Å². The van der Waals surface area contributed by atoms with Crippen LogP contribution in [0.3, 0.4) is 0 Å². The molecule has 1 aromatic carbocycles. The van der Waals surface area contributed by atoms with Gasteiger partial charge in [0.05, 0.1) is 12.2 Å². The molecule has 0 spiro atoms. The molecule has 0 aliphatic heterocycles. The summed E-state index contributed by atoms with van der Waals surface area (Å²) in [6, 6.07) is 7.47. The van der Waals surface area contributed by atoms with E-state index in [0.29, 0.717) is 12.2 Å². The molecule has 0 bridgehead atoms. The topological polar surface area (TPSA) is 26.3 Å². The van der Waals surface area contributed by atoms with Gasteiger partial charge in [-0.05, 0) is 26.3 Å². The minimum Gasteiger partial charge on any atom is -0.371 e. The van der Waals surface area contributed by atoms with Gasteiger partial charge in [0.15, 0.2) is 0 Å². The quantitative estimate of drug-likeness (QED) is 0.688. The molecule has 0 aromatic heterocycles. The van der Waals surface area contributed by atoms with Crippen molar-refractivity contribution < 1.29 is 9.53 Å². The lowest BCUT2D eigenvalue weighted by atomic mass is 10.1. The first kappa shape index (κ1) is 10.9. The van der Waals surface area contributed by atoms with Gasteiger partial charge in [-0.1, -0.05) is 24.3 Å². The molecule has 14 heavy (non-hydrogen) atoms. The molecule has 0 atom stereocenters. The van der Waals surface area contributed by atoms with E-state index in [2.05, 4.69) is 0 Å². The van der Waals surface area contributed by atoms with Gasteiger partial charge < -0.3 is 4.74 Å². The Labute approximate surface area is 84.9 Å². The van der Waals surface area contributed by atoms with Gasteiger partial charge in [-0.2, -0.15) is 0 Å². The standard InChI is InChI=1S/C12H16O2/c1-12(2,3)14-9-11-7-5-4-6-10(11)8-13/h4-8H,9H2,1-3H3. The molecule has 0 aliphatic carbocycles. The average Bonchev–Trinajstić information content (AvgIpc) is 2.14. The van der Waals surface area contributed by atoms with Crippen molar-refractivity contribution in [3.63, 3.8) is 0 Å². The van der Waals surface area contributed by atoms with E-state index in [-0.39, 0.29) is 5.60 Å². The van der Waals surface area contributed by atoms with Crippen LogP contribution in [0.1, 0.15) is 36.7 Å². The molecule has 0 aliphatic rings. The Morgan fingerprint density at radius 1 is 1.29 bits per heavy atom. The number of carbonyl (C=O) groups is 1. The van der Waals surface area contributed by atoms with Crippen molar-refractivity contribution in [2.75, 3.05) is 0 Å². The molecule has 1 aromatic rings. The third-order valence-corrected chi connectivity index (χ3v) is 1.84. The lowest BCUT2D eigenvalue weighted by Crippen LogP contribution is -2.19. The van der Waals surface area contributed by atoms with Gasteiger partial charge >= 0.3 is 0 Å². The van der Waals surface area contributed by atoms with Gasteiger partial charge in [0, 0.05) is 5.56 Å². The number of benzene rings is 1. The maximum Gasteiger partial charge on any atom is 0.150 e. The fourth-order valence-corrected chi connectivity index (χ4v) is 1.07. The third kappa shape index (κ3) is 3.30. The normalized spacial score (nSPS) is 11.4. The van der Waals surface area contributed by atoms with E-state index in [1.54, 1.807) is 6.07 Å². The zero-order valence-corrected chi connectivity index (χ0v) is 8.91. The van der Waals surface area contributed by atoms with Crippen molar-refractivity contribution in [2.24, 2.45) is 0 Å². The second-order valence-electron chi connectivity index (χ2n) is 4.22. The van der Waals surface area contributed by atoms with Crippen LogP contribution in [-0.2, 0) is 11.3 Å². The fourth-order valence-electron chi connectivity index (χ4n) is 1.07. The summed E-state index contributed by atoms with van der Waals surface area (Å²) in [6.45, 7) is 6.47. The predicted molar refractivity (Wildman–Crippen MR) is 56.4 cm³/mol. The Hall–Kier alpha value is -1.15. The van der Waals surface area contributed by atoms with E-state index in [9.17, 15) is 4.79 Å². The average molecular weight is 192 g/mol. The van der Waals surface area contributed by atoms with Gasteiger partial charge in [-0.15, -0.1) is 0 Å². The summed E-state index contributed by atoms with van der Waals surface area (Å²) < 4.78 is 5.60. The zero-order chi connectivity index (χ0) is 10.6. The Morgan fingerprint density at radius 3 is 2.50 bits per heavy atom. The van der Waals surface area contributed by atoms with Crippen molar-refractivity contribution in [1.29, 1.82) is 0 Å². The van der Waals surface area contributed by atoms with Crippen LogP contribution in [0.4, 0.5) is 0 Å². The van der Waals surface area contributed by atoms with Crippen molar-refractivity contribution in [1.82, 2.24) is 0 Å². The minimum atomic E-state index is -0.171. The maximum atomic E-state index is 10.7. The summed E-state index contributed by atoms with van der Waals surface area (Å²) in [5.74, 6) is 0. The molecule has 0 amide bonds. The van der Waals surface area contributed by atoms with E-state index in [1.165, 1.54) is 0 Å². The van der Waals surface area contributed by atoms with Gasteiger partial charge in [0.1, 0.15) is 6.29 Å². The van der Waals surface area contributed by atoms with Crippen molar-refractivity contribution in [2.45, 2.75) is 33.0 Å². The summed E-state index contributed by atoms with van der Waals surface area (Å²) in [4.78, 5) is 10.7. The molecule has 0 saturated carbocycles.